The van der Waals surface area contributed by atoms with Crippen molar-refractivity contribution in [2.45, 2.75) is 33.6 Å². The lowest BCUT2D eigenvalue weighted by Gasteiger charge is -1.91. The second-order valence-electron chi connectivity index (χ2n) is 3.15. The molecule has 0 aromatic heterocycles. The first-order chi connectivity index (χ1) is 5.66. The van der Waals surface area contributed by atoms with Crippen molar-refractivity contribution in [2.75, 3.05) is 0 Å². The maximum Gasteiger partial charge on any atom is 0.159 e. The van der Waals surface area contributed by atoms with Crippen LogP contribution < -0.4 is 0 Å². The lowest BCUT2D eigenvalue weighted by Crippen LogP contribution is -1.90. The Bertz CT molecular complexity index is 175. The topological polar surface area (TPSA) is 17.1 Å². The van der Waals surface area contributed by atoms with E-state index in [0.717, 1.165) is 6.42 Å². The molecule has 0 spiro atoms. The molecular formula is C11H18O. The Morgan fingerprint density at radius 3 is 2.50 bits per heavy atom. The Kier molecular flexibility index (Phi) is 6.35. The molecule has 0 aromatic rings. The van der Waals surface area contributed by atoms with E-state index in [0.29, 0.717) is 12.3 Å². The first-order valence-corrected chi connectivity index (χ1v) is 4.52. The molecule has 0 amide bonds. The first-order valence-electron chi connectivity index (χ1n) is 4.52. The third kappa shape index (κ3) is 7.26. The van der Waals surface area contributed by atoms with E-state index >= 15 is 0 Å². The molecule has 68 valence electrons. The summed E-state index contributed by atoms with van der Waals surface area (Å²) < 4.78 is 0. The Morgan fingerprint density at radius 2 is 2.00 bits per heavy atom. The van der Waals surface area contributed by atoms with Gasteiger partial charge in [0.05, 0.1) is 0 Å². The molecule has 0 radical (unpaired) electrons. The van der Waals surface area contributed by atoms with Crippen LogP contribution >= 0.6 is 0 Å². The van der Waals surface area contributed by atoms with E-state index in [9.17, 15) is 4.79 Å². The van der Waals surface area contributed by atoms with Gasteiger partial charge in [-0.25, -0.2) is 0 Å². The monoisotopic (exact) mass is 166 g/mol. The van der Waals surface area contributed by atoms with E-state index in [1.54, 1.807) is 6.08 Å². The van der Waals surface area contributed by atoms with Crippen LogP contribution in [0.5, 0.6) is 0 Å². The fraction of sp³-hybridized carbons (Fsp3) is 0.545. The number of allylic oxidation sites excluding steroid dienone is 4. The maximum absolute atomic E-state index is 11.1. The Labute approximate surface area is 75.2 Å². The fourth-order valence-electron chi connectivity index (χ4n) is 0.734. The van der Waals surface area contributed by atoms with Gasteiger partial charge < -0.3 is 0 Å². The van der Waals surface area contributed by atoms with Gasteiger partial charge in [0.2, 0.25) is 0 Å². The molecular weight excluding hydrogens is 148 g/mol. The summed E-state index contributed by atoms with van der Waals surface area (Å²) in [5.41, 5.74) is 0. The summed E-state index contributed by atoms with van der Waals surface area (Å²) in [7, 11) is 0. The summed E-state index contributed by atoms with van der Waals surface area (Å²) in [6.45, 7) is 6.18. The second kappa shape index (κ2) is 6.84. The van der Waals surface area contributed by atoms with Gasteiger partial charge in [0.15, 0.2) is 5.78 Å². The molecule has 0 aromatic carbocycles. The van der Waals surface area contributed by atoms with E-state index in [2.05, 4.69) is 20.8 Å². The van der Waals surface area contributed by atoms with Crippen molar-refractivity contribution >= 4 is 5.78 Å². The average Bonchev–Trinajstić information content (AvgIpc) is 2.01. The smallest absolute Gasteiger partial charge is 0.159 e. The first kappa shape index (κ1) is 11.2. The highest BCUT2D eigenvalue weighted by Gasteiger charge is 1.91. The molecule has 0 heterocycles. The largest absolute Gasteiger partial charge is 0.295 e. The van der Waals surface area contributed by atoms with Gasteiger partial charge in [-0.1, -0.05) is 39.0 Å². The van der Waals surface area contributed by atoms with Gasteiger partial charge in [-0.2, -0.15) is 0 Å². The average molecular weight is 166 g/mol. The summed E-state index contributed by atoms with van der Waals surface area (Å²) in [4.78, 5) is 11.1. The zero-order valence-electron chi connectivity index (χ0n) is 8.21. The molecule has 0 aliphatic carbocycles. The minimum absolute atomic E-state index is 0.188. The summed E-state index contributed by atoms with van der Waals surface area (Å²) >= 11 is 0. The summed E-state index contributed by atoms with van der Waals surface area (Å²) in [6, 6.07) is 0. The quantitative estimate of drug-likeness (QED) is 0.453. The molecule has 12 heavy (non-hydrogen) atoms. The van der Waals surface area contributed by atoms with E-state index in [4.69, 9.17) is 0 Å². The van der Waals surface area contributed by atoms with Gasteiger partial charge >= 0.3 is 0 Å². The zero-order chi connectivity index (χ0) is 9.40. The molecule has 0 aliphatic heterocycles. The molecule has 0 saturated heterocycles. The molecule has 0 unspecified atom stereocenters. The Balaban J connectivity index is 3.67. The third-order valence-electron chi connectivity index (χ3n) is 1.39. The van der Waals surface area contributed by atoms with Crippen LogP contribution in [0.15, 0.2) is 24.3 Å². The van der Waals surface area contributed by atoms with Crippen LogP contribution in [0, 0.1) is 5.92 Å². The van der Waals surface area contributed by atoms with Crippen LogP contribution in [-0.4, -0.2) is 5.78 Å². The summed E-state index contributed by atoms with van der Waals surface area (Å²) in [5.74, 6) is 0.650. The molecule has 0 N–H and O–H groups in total. The van der Waals surface area contributed by atoms with Gasteiger partial charge in [0.1, 0.15) is 0 Å². The number of ketones is 1. The number of hydrogen-bond acceptors (Lipinski definition) is 1. The predicted molar refractivity (Wildman–Crippen MR) is 53.0 cm³/mol. The SMILES string of the molecule is CC/C=C/CC(=O)/C=C\C(C)C. The highest BCUT2D eigenvalue weighted by Crippen LogP contribution is 1.96. The Hall–Kier alpha value is -0.850. The van der Waals surface area contributed by atoms with E-state index < -0.39 is 0 Å². The highest BCUT2D eigenvalue weighted by molar-refractivity contribution is 5.90. The van der Waals surface area contributed by atoms with Crippen molar-refractivity contribution in [3.8, 4) is 0 Å². The molecule has 0 atom stereocenters. The minimum Gasteiger partial charge on any atom is -0.295 e. The number of carbonyl (C=O) groups is 1. The summed E-state index contributed by atoms with van der Waals surface area (Å²) in [5, 5.41) is 0. The van der Waals surface area contributed by atoms with Gasteiger partial charge in [0.25, 0.3) is 0 Å². The number of hydrogen-bond donors (Lipinski definition) is 0. The zero-order valence-corrected chi connectivity index (χ0v) is 8.21. The number of carbonyl (C=O) groups excluding carboxylic acids is 1. The minimum atomic E-state index is 0.188. The van der Waals surface area contributed by atoms with Crippen LogP contribution in [0.25, 0.3) is 0 Å². The molecule has 0 rings (SSSR count). The third-order valence-corrected chi connectivity index (χ3v) is 1.39. The van der Waals surface area contributed by atoms with Crippen molar-refractivity contribution in [1.82, 2.24) is 0 Å². The lowest BCUT2D eigenvalue weighted by molar-refractivity contribution is -0.113. The van der Waals surface area contributed by atoms with Crippen molar-refractivity contribution < 1.29 is 4.79 Å². The van der Waals surface area contributed by atoms with Crippen molar-refractivity contribution in [3.63, 3.8) is 0 Å². The highest BCUT2D eigenvalue weighted by atomic mass is 16.1. The predicted octanol–water partition coefficient (Wildman–Crippen LogP) is 3.12. The maximum atomic E-state index is 11.1. The fourth-order valence-corrected chi connectivity index (χ4v) is 0.734. The van der Waals surface area contributed by atoms with E-state index in [-0.39, 0.29) is 5.78 Å². The Morgan fingerprint density at radius 1 is 1.33 bits per heavy atom. The van der Waals surface area contributed by atoms with E-state index in [1.807, 2.05) is 18.2 Å². The molecule has 0 aliphatic rings. The molecule has 0 fully saturated rings. The van der Waals surface area contributed by atoms with Gasteiger partial charge in [-0.3, -0.25) is 4.79 Å². The summed E-state index contributed by atoms with van der Waals surface area (Å²) in [6.07, 6.45) is 9.08. The van der Waals surface area contributed by atoms with Crippen LogP contribution in [0.1, 0.15) is 33.6 Å². The van der Waals surface area contributed by atoms with Crippen LogP contribution in [-0.2, 0) is 4.79 Å². The lowest BCUT2D eigenvalue weighted by atomic mass is 10.1. The van der Waals surface area contributed by atoms with Crippen molar-refractivity contribution in [1.29, 1.82) is 0 Å². The molecule has 1 nitrogen and oxygen atoms in total. The molecule has 1 heteroatoms. The molecule has 0 bridgehead atoms. The van der Waals surface area contributed by atoms with Crippen LogP contribution in [0.3, 0.4) is 0 Å². The molecule has 0 saturated carbocycles. The van der Waals surface area contributed by atoms with E-state index in [1.165, 1.54) is 0 Å². The van der Waals surface area contributed by atoms with Crippen molar-refractivity contribution in [3.05, 3.63) is 24.3 Å². The van der Waals surface area contributed by atoms with Crippen LogP contribution in [0.4, 0.5) is 0 Å². The van der Waals surface area contributed by atoms with Gasteiger partial charge in [-0.15, -0.1) is 0 Å². The second-order valence-corrected chi connectivity index (χ2v) is 3.15. The number of rotatable bonds is 5. The van der Waals surface area contributed by atoms with Crippen molar-refractivity contribution in [2.24, 2.45) is 5.92 Å². The van der Waals surface area contributed by atoms with Gasteiger partial charge in [0, 0.05) is 6.42 Å². The van der Waals surface area contributed by atoms with Crippen LogP contribution in [0.2, 0.25) is 0 Å². The van der Waals surface area contributed by atoms with Gasteiger partial charge in [-0.05, 0) is 18.4 Å². The normalized spacial score (nSPS) is 12.0. The standard InChI is InChI=1S/C11H18O/c1-4-5-6-7-11(12)9-8-10(2)3/h5-6,8-10H,4,7H2,1-3H3/b6-5+,9-8-.